The number of rotatable bonds is 8. The number of ether oxygens (including phenoxy) is 2. The number of hydrogen-bond acceptors (Lipinski definition) is 5. The number of aromatic nitrogens is 2. The molecule has 0 saturated carbocycles. The summed E-state index contributed by atoms with van der Waals surface area (Å²) < 4.78 is 12.1. The second kappa shape index (κ2) is 8.49. The van der Waals surface area contributed by atoms with Crippen molar-refractivity contribution in [2.24, 2.45) is 0 Å². The minimum Gasteiger partial charge on any atom is -0.497 e. The second-order valence-electron chi connectivity index (χ2n) is 6.05. The molecule has 0 aliphatic heterocycles. The van der Waals surface area contributed by atoms with E-state index in [2.05, 4.69) is 4.98 Å². The summed E-state index contributed by atoms with van der Waals surface area (Å²) in [7, 11) is 1.57. The molecule has 0 N–H and O–H groups in total. The molecule has 3 rings (SSSR count). The zero-order valence-electron chi connectivity index (χ0n) is 15.5. The molecule has 27 heavy (non-hydrogen) atoms. The van der Waals surface area contributed by atoms with Crippen LogP contribution in [0, 0.1) is 0 Å². The summed E-state index contributed by atoms with van der Waals surface area (Å²) in [6, 6.07) is 12.7. The summed E-state index contributed by atoms with van der Waals surface area (Å²) in [5.41, 5.74) is 1.67. The number of hydrogen-bond donors (Lipinski definition) is 0. The standard InChI is InChI=1S/C21H22N2O4/c1-3-27-19(24)12-7-11-18-22-20(17-10-4-5-13-23(17)18)21(25)15-8-6-9-16(14-15)26-2/h4-6,8-10,13-14H,3,7,11-12H2,1-2H3. The van der Waals surface area contributed by atoms with Gasteiger partial charge >= 0.3 is 5.97 Å². The predicted molar refractivity (Wildman–Crippen MR) is 101 cm³/mol. The zero-order chi connectivity index (χ0) is 19.2. The number of aryl methyl sites for hydroxylation is 1. The first kappa shape index (κ1) is 18.6. The summed E-state index contributed by atoms with van der Waals surface area (Å²) in [6.45, 7) is 2.17. The summed E-state index contributed by atoms with van der Waals surface area (Å²) in [5, 5.41) is 0. The fourth-order valence-corrected chi connectivity index (χ4v) is 2.97. The Bertz CT molecular complexity index is 962. The van der Waals surface area contributed by atoms with Crippen LogP contribution in [0.3, 0.4) is 0 Å². The molecule has 0 spiro atoms. The van der Waals surface area contributed by atoms with Gasteiger partial charge in [-0.3, -0.25) is 9.59 Å². The first-order valence-electron chi connectivity index (χ1n) is 8.94. The van der Waals surface area contributed by atoms with Gasteiger partial charge in [0.2, 0.25) is 5.78 Å². The van der Waals surface area contributed by atoms with Crippen LogP contribution in [0.4, 0.5) is 0 Å². The fourth-order valence-electron chi connectivity index (χ4n) is 2.97. The van der Waals surface area contributed by atoms with Crippen LogP contribution in [0.2, 0.25) is 0 Å². The Balaban J connectivity index is 1.87. The highest BCUT2D eigenvalue weighted by Crippen LogP contribution is 2.21. The molecule has 0 bridgehead atoms. The first-order chi connectivity index (χ1) is 13.1. The minimum atomic E-state index is -0.217. The zero-order valence-corrected chi connectivity index (χ0v) is 15.5. The number of fused-ring (bicyclic) bond motifs is 1. The summed E-state index contributed by atoms with van der Waals surface area (Å²) >= 11 is 0. The van der Waals surface area contributed by atoms with E-state index in [0.29, 0.717) is 42.9 Å². The minimum absolute atomic E-state index is 0.158. The Kier molecular flexibility index (Phi) is 5.86. The Hall–Kier alpha value is -3.15. The van der Waals surface area contributed by atoms with Gasteiger partial charge in [0.05, 0.1) is 19.2 Å². The molecular weight excluding hydrogens is 344 g/mol. The predicted octanol–water partition coefficient (Wildman–Crippen LogP) is 3.46. The number of nitrogens with zero attached hydrogens (tertiary/aromatic N) is 2. The van der Waals surface area contributed by atoms with E-state index in [1.54, 1.807) is 38.3 Å². The average molecular weight is 366 g/mol. The van der Waals surface area contributed by atoms with Crippen LogP contribution >= 0.6 is 0 Å². The maximum atomic E-state index is 13.0. The lowest BCUT2D eigenvalue weighted by atomic mass is 10.1. The molecule has 6 heteroatoms. The third-order valence-corrected chi connectivity index (χ3v) is 4.26. The van der Waals surface area contributed by atoms with E-state index in [4.69, 9.17) is 9.47 Å². The van der Waals surface area contributed by atoms with Crippen molar-refractivity contribution in [3.8, 4) is 5.75 Å². The van der Waals surface area contributed by atoms with Crippen LogP contribution in [0.25, 0.3) is 5.52 Å². The van der Waals surface area contributed by atoms with Gasteiger partial charge in [-0.15, -0.1) is 0 Å². The molecular formula is C21H22N2O4. The summed E-state index contributed by atoms with van der Waals surface area (Å²) in [6.07, 6.45) is 3.40. The monoisotopic (exact) mass is 366 g/mol. The van der Waals surface area contributed by atoms with Crippen LogP contribution < -0.4 is 4.74 Å². The lowest BCUT2D eigenvalue weighted by Crippen LogP contribution is -2.05. The van der Waals surface area contributed by atoms with Gasteiger partial charge in [0, 0.05) is 24.6 Å². The normalized spacial score (nSPS) is 10.7. The van der Waals surface area contributed by atoms with E-state index in [9.17, 15) is 9.59 Å². The molecule has 0 unspecified atom stereocenters. The van der Waals surface area contributed by atoms with Gasteiger partial charge in [-0.05, 0) is 37.6 Å². The Morgan fingerprint density at radius 1 is 1.15 bits per heavy atom. The van der Waals surface area contributed by atoms with E-state index in [1.807, 2.05) is 28.8 Å². The average Bonchev–Trinajstić information content (AvgIpc) is 3.06. The van der Waals surface area contributed by atoms with Crippen LogP contribution in [0.1, 0.15) is 41.6 Å². The van der Waals surface area contributed by atoms with E-state index in [-0.39, 0.29) is 11.8 Å². The number of pyridine rings is 1. The fraction of sp³-hybridized carbons (Fsp3) is 0.286. The van der Waals surface area contributed by atoms with Gasteiger partial charge in [-0.25, -0.2) is 4.98 Å². The SMILES string of the molecule is CCOC(=O)CCCc1nc(C(=O)c2cccc(OC)c2)c2ccccn12. The van der Waals surface area contributed by atoms with Crippen molar-refractivity contribution >= 4 is 17.3 Å². The van der Waals surface area contributed by atoms with Gasteiger partial charge in [-0.2, -0.15) is 0 Å². The van der Waals surface area contributed by atoms with E-state index >= 15 is 0 Å². The molecule has 6 nitrogen and oxygen atoms in total. The second-order valence-corrected chi connectivity index (χ2v) is 6.05. The molecule has 1 aromatic carbocycles. The molecule has 140 valence electrons. The van der Waals surface area contributed by atoms with Crippen LogP contribution in [-0.4, -0.2) is 34.9 Å². The van der Waals surface area contributed by atoms with E-state index in [1.165, 1.54) is 0 Å². The number of esters is 1. The highest BCUT2D eigenvalue weighted by atomic mass is 16.5. The topological polar surface area (TPSA) is 69.9 Å². The van der Waals surface area contributed by atoms with Gasteiger partial charge in [0.15, 0.2) is 0 Å². The largest absolute Gasteiger partial charge is 0.497 e. The Morgan fingerprint density at radius 2 is 2.00 bits per heavy atom. The smallest absolute Gasteiger partial charge is 0.305 e. The van der Waals surface area contributed by atoms with Crippen molar-refractivity contribution in [3.63, 3.8) is 0 Å². The number of imidazole rings is 1. The van der Waals surface area contributed by atoms with E-state index in [0.717, 1.165) is 11.3 Å². The number of benzene rings is 1. The van der Waals surface area contributed by atoms with Crippen molar-refractivity contribution in [2.75, 3.05) is 13.7 Å². The van der Waals surface area contributed by atoms with Gasteiger partial charge < -0.3 is 13.9 Å². The van der Waals surface area contributed by atoms with Crippen LogP contribution in [0.5, 0.6) is 5.75 Å². The van der Waals surface area contributed by atoms with Crippen LogP contribution in [-0.2, 0) is 16.0 Å². The van der Waals surface area contributed by atoms with Crippen molar-refractivity contribution in [1.82, 2.24) is 9.38 Å². The molecule has 0 saturated heterocycles. The van der Waals surface area contributed by atoms with Gasteiger partial charge in [0.1, 0.15) is 17.3 Å². The maximum absolute atomic E-state index is 13.0. The van der Waals surface area contributed by atoms with Crippen molar-refractivity contribution < 1.29 is 19.1 Å². The lowest BCUT2D eigenvalue weighted by Gasteiger charge is -2.02. The van der Waals surface area contributed by atoms with Crippen molar-refractivity contribution in [1.29, 1.82) is 0 Å². The highest BCUT2D eigenvalue weighted by Gasteiger charge is 2.19. The summed E-state index contributed by atoms with van der Waals surface area (Å²) in [4.78, 5) is 29.1. The molecule has 0 amide bonds. The Labute approximate surface area is 157 Å². The molecule has 0 aliphatic rings. The number of carbonyl (C=O) groups is 2. The quantitative estimate of drug-likeness (QED) is 0.451. The van der Waals surface area contributed by atoms with Crippen molar-refractivity contribution in [2.45, 2.75) is 26.2 Å². The number of methoxy groups -OCH3 is 1. The van der Waals surface area contributed by atoms with E-state index < -0.39 is 0 Å². The molecule has 0 fully saturated rings. The third-order valence-electron chi connectivity index (χ3n) is 4.26. The number of ketones is 1. The lowest BCUT2D eigenvalue weighted by molar-refractivity contribution is -0.143. The van der Waals surface area contributed by atoms with Crippen molar-refractivity contribution in [3.05, 3.63) is 65.7 Å². The van der Waals surface area contributed by atoms with Gasteiger partial charge in [0.25, 0.3) is 0 Å². The molecule has 0 atom stereocenters. The van der Waals surface area contributed by atoms with Crippen LogP contribution in [0.15, 0.2) is 48.7 Å². The molecule has 3 aromatic rings. The number of carbonyl (C=O) groups excluding carboxylic acids is 2. The molecule has 2 heterocycles. The highest BCUT2D eigenvalue weighted by molar-refractivity contribution is 6.12. The van der Waals surface area contributed by atoms with Gasteiger partial charge in [-0.1, -0.05) is 18.2 Å². The molecule has 0 aliphatic carbocycles. The molecule has 2 aromatic heterocycles. The maximum Gasteiger partial charge on any atom is 0.305 e. The third kappa shape index (κ3) is 4.16. The summed E-state index contributed by atoms with van der Waals surface area (Å²) in [5.74, 6) is 1.00. The first-order valence-corrected chi connectivity index (χ1v) is 8.94. The Morgan fingerprint density at radius 3 is 2.78 bits per heavy atom. The molecule has 0 radical (unpaired) electrons.